The van der Waals surface area contributed by atoms with E-state index in [2.05, 4.69) is 42.8 Å². The number of hydrogen-bond donors (Lipinski definition) is 1. The molecule has 0 fully saturated rings. The Labute approximate surface area is 142 Å². The molecule has 1 aliphatic carbocycles. The normalized spacial score (nSPS) is 12.9. The van der Waals surface area contributed by atoms with Gasteiger partial charge in [0.25, 0.3) is 5.91 Å². The van der Waals surface area contributed by atoms with Gasteiger partial charge < -0.3 is 10.6 Å². The van der Waals surface area contributed by atoms with Crippen molar-refractivity contribution >= 4 is 22.9 Å². The largest absolute Gasteiger partial charge is 0.384 e. The summed E-state index contributed by atoms with van der Waals surface area (Å²) in [6, 6.07) is 11.8. The number of anilines is 1. The predicted molar refractivity (Wildman–Crippen MR) is 98.1 cm³/mol. The fourth-order valence-corrected chi connectivity index (χ4v) is 3.06. The summed E-state index contributed by atoms with van der Waals surface area (Å²) in [7, 11) is 1.81. The van der Waals surface area contributed by atoms with Crippen molar-refractivity contribution in [3.8, 4) is 0 Å². The Morgan fingerprint density at radius 1 is 1.29 bits per heavy atom. The molecule has 0 saturated heterocycles. The molecule has 24 heavy (non-hydrogen) atoms. The summed E-state index contributed by atoms with van der Waals surface area (Å²) in [5.74, 6) is 0.328. The van der Waals surface area contributed by atoms with Gasteiger partial charge in [-0.25, -0.2) is 4.98 Å². The highest BCUT2D eigenvalue weighted by atomic mass is 16.2. The Morgan fingerprint density at radius 2 is 2.04 bits per heavy atom. The maximum absolute atomic E-state index is 12.6. The Kier molecular flexibility index (Phi) is 4.21. The van der Waals surface area contributed by atoms with Crippen LogP contribution in [0.2, 0.25) is 0 Å². The summed E-state index contributed by atoms with van der Waals surface area (Å²) in [4.78, 5) is 18.4. The maximum Gasteiger partial charge on any atom is 0.253 e. The van der Waals surface area contributed by atoms with Gasteiger partial charge in [0.15, 0.2) is 0 Å². The average Bonchev–Trinajstić information content (AvgIpc) is 2.90. The molecule has 3 rings (SSSR count). The first kappa shape index (κ1) is 16.0. The number of likely N-dealkylation sites (N-methyl/N-ethyl adjacent to an activating group) is 1. The van der Waals surface area contributed by atoms with E-state index in [1.165, 1.54) is 22.3 Å². The highest BCUT2D eigenvalue weighted by molar-refractivity contribution is 6.18. The maximum atomic E-state index is 12.6. The second-order valence-corrected chi connectivity index (χ2v) is 6.17. The van der Waals surface area contributed by atoms with E-state index in [0.717, 1.165) is 6.42 Å². The lowest BCUT2D eigenvalue weighted by atomic mass is 10.1. The minimum atomic E-state index is -0.0992. The van der Waals surface area contributed by atoms with Gasteiger partial charge in [-0.05, 0) is 47.8 Å². The second-order valence-electron chi connectivity index (χ2n) is 6.17. The molecule has 0 radical (unpaired) electrons. The van der Waals surface area contributed by atoms with Gasteiger partial charge in [-0.15, -0.1) is 0 Å². The van der Waals surface area contributed by atoms with Crippen molar-refractivity contribution in [1.82, 2.24) is 9.88 Å². The molecule has 0 atom stereocenters. The number of hydrogen-bond acceptors (Lipinski definition) is 3. The van der Waals surface area contributed by atoms with Crippen molar-refractivity contribution in [2.24, 2.45) is 0 Å². The summed E-state index contributed by atoms with van der Waals surface area (Å²) < 4.78 is 0. The summed E-state index contributed by atoms with van der Waals surface area (Å²) >= 11 is 0. The van der Waals surface area contributed by atoms with Crippen LogP contribution >= 0.6 is 0 Å². The fraction of sp³-hybridized carbons (Fsp3) is 0.200. The van der Waals surface area contributed by atoms with Gasteiger partial charge in [0.05, 0.1) is 0 Å². The zero-order valence-corrected chi connectivity index (χ0v) is 14.0. The zero-order chi connectivity index (χ0) is 17.3. The van der Waals surface area contributed by atoms with E-state index in [-0.39, 0.29) is 5.91 Å². The van der Waals surface area contributed by atoms with E-state index in [4.69, 9.17) is 5.73 Å². The summed E-state index contributed by atoms with van der Waals surface area (Å²) in [5.41, 5.74) is 11.9. The second kappa shape index (κ2) is 6.32. The molecule has 0 aliphatic heterocycles. The number of amides is 1. The van der Waals surface area contributed by atoms with E-state index >= 15 is 0 Å². The van der Waals surface area contributed by atoms with E-state index in [1.807, 2.05) is 7.05 Å². The Bertz CT molecular complexity index is 834. The minimum Gasteiger partial charge on any atom is -0.384 e. The first-order valence-corrected chi connectivity index (χ1v) is 7.90. The molecule has 1 aromatic heterocycles. The standard InChI is InChI=1S/C20H21N3O/c1-13-17(10-15-6-4-5-7-18(13)15)12-23(3)20(24)14(2)16-8-9-19(21)22-11-16/h4-9,11H,2,10,12H2,1,3H3,(H2,21,22). The Balaban J connectivity index is 1.72. The molecule has 0 spiro atoms. The SMILES string of the molecule is C=C(C(=O)N(C)CC1=C(C)c2ccccc2C1)c1ccc(N)nc1. The minimum absolute atomic E-state index is 0.0992. The molecule has 0 saturated carbocycles. The number of fused-ring (bicyclic) bond motifs is 1. The number of aromatic nitrogens is 1. The van der Waals surface area contributed by atoms with Crippen molar-refractivity contribution in [2.45, 2.75) is 13.3 Å². The van der Waals surface area contributed by atoms with Crippen LogP contribution < -0.4 is 5.73 Å². The van der Waals surface area contributed by atoms with Crippen LogP contribution in [-0.4, -0.2) is 29.4 Å². The van der Waals surface area contributed by atoms with Crippen LogP contribution in [0.25, 0.3) is 11.1 Å². The van der Waals surface area contributed by atoms with Crippen LogP contribution in [0.5, 0.6) is 0 Å². The number of nitrogens with two attached hydrogens (primary N) is 1. The third-order valence-electron chi connectivity index (χ3n) is 4.52. The predicted octanol–water partition coefficient (Wildman–Crippen LogP) is 3.17. The fourth-order valence-electron chi connectivity index (χ4n) is 3.06. The van der Waals surface area contributed by atoms with Crippen molar-refractivity contribution < 1.29 is 4.79 Å². The van der Waals surface area contributed by atoms with Crippen LogP contribution in [-0.2, 0) is 11.2 Å². The number of rotatable bonds is 4. The molecular formula is C20H21N3O. The molecule has 4 nitrogen and oxygen atoms in total. The van der Waals surface area contributed by atoms with Crippen LogP contribution in [0, 0.1) is 0 Å². The van der Waals surface area contributed by atoms with E-state index in [9.17, 15) is 4.79 Å². The van der Waals surface area contributed by atoms with Gasteiger partial charge in [-0.1, -0.05) is 30.8 Å². The van der Waals surface area contributed by atoms with Crippen molar-refractivity contribution in [1.29, 1.82) is 0 Å². The molecule has 4 heteroatoms. The molecule has 1 heterocycles. The van der Waals surface area contributed by atoms with E-state index in [1.54, 1.807) is 23.2 Å². The molecular weight excluding hydrogens is 298 g/mol. The molecule has 1 amide bonds. The Morgan fingerprint density at radius 3 is 2.71 bits per heavy atom. The van der Waals surface area contributed by atoms with Crippen molar-refractivity contribution in [2.75, 3.05) is 19.3 Å². The van der Waals surface area contributed by atoms with Crippen molar-refractivity contribution in [3.05, 3.63) is 71.4 Å². The van der Waals surface area contributed by atoms with Crippen LogP contribution in [0.4, 0.5) is 5.82 Å². The van der Waals surface area contributed by atoms with Gasteiger partial charge in [-0.2, -0.15) is 0 Å². The number of allylic oxidation sites excluding steroid dienone is 1. The molecule has 122 valence electrons. The lowest BCUT2D eigenvalue weighted by molar-refractivity contribution is -0.123. The Hall–Kier alpha value is -2.88. The van der Waals surface area contributed by atoms with E-state index < -0.39 is 0 Å². The first-order chi connectivity index (χ1) is 11.5. The highest BCUT2D eigenvalue weighted by Gasteiger charge is 2.22. The third kappa shape index (κ3) is 2.95. The van der Waals surface area contributed by atoms with Crippen molar-refractivity contribution in [3.63, 3.8) is 0 Å². The summed E-state index contributed by atoms with van der Waals surface area (Å²) in [5, 5.41) is 0. The topological polar surface area (TPSA) is 59.2 Å². The van der Waals surface area contributed by atoms with Gasteiger partial charge in [0.2, 0.25) is 0 Å². The lowest BCUT2D eigenvalue weighted by Gasteiger charge is -2.20. The number of carbonyl (C=O) groups excluding carboxylic acids is 1. The molecule has 1 aliphatic rings. The number of carbonyl (C=O) groups is 1. The molecule has 2 N–H and O–H groups in total. The van der Waals surface area contributed by atoms with Gasteiger partial charge >= 0.3 is 0 Å². The molecule has 2 aromatic rings. The monoisotopic (exact) mass is 319 g/mol. The quantitative estimate of drug-likeness (QED) is 0.881. The third-order valence-corrected chi connectivity index (χ3v) is 4.52. The lowest BCUT2D eigenvalue weighted by Crippen LogP contribution is -2.29. The number of nitrogens with zero attached hydrogens (tertiary/aromatic N) is 2. The summed E-state index contributed by atoms with van der Waals surface area (Å²) in [6.07, 6.45) is 2.48. The van der Waals surface area contributed by atoms with Crippen LogP contribution in [0.1, 0.15) is 23.6 Å². The van der Waals surface area contributed by atoms with Gasteiger partial charge in [0, 0.05) is 30.9 Å². The number of nitrogen functional groups attached to an aromatic ring is 1. The van der Waals surface area contributed by atoms with E-state index in [0.29, 0.717) is 23.5 Å². The highest BCUT2D eigenvalue weighted by Crippen LogP contribution is 2.32. The van der Waals surface area contributed by atoms with Crippen LogP contribution in [0.15, 0.2) is 54.7 Å². The molecule has 1 aromatic carbocycles. The first-order valence-electron chi connectivity index (χ1n) is 7.90. The zero-order valence-electron chi connectivity index (χ0n) is 14.0. The van der Waals surface area contributed by atoms with Gasteiger partial charge in [-0.3, -0.25) is 4.79 Å². The smallest absolute Gasteiger partial charge is 0.253 e. The van der Waals surface area contributed by atoms with Gasteiger partial charge in [0.1, 0.15) is 5.82 Å². The van der Waals surface area contributed by atoms with Crippen LogP contribution in [0.3, 0.4) is 0 Å². The molecule has 0 unspecified atom stereocenters. The number of benzene rings is 1. The average molecular weight is 319 g/mol. The number of pyridine rings is 1. The molecule has 0 bridgehead atoms. The summed E-state index contributed by atoms with van der Waals surface area (Å²) in [6.45, 7) is 6.64.